The molecule has 0 aliphatic rings. The van der Waals surface area contributed by atoms with Gasteiger partial charge in [-0.15, -0.1) is 0 Å². The van der Waals surface area contributed by atoms with Crippen molar-refractivity contribution in [1.29, 1.82) is 0 Å². The predicted molar refractivity (Wildman–Crippen MR) is 68.3 cm³/mol. The first kappa shape index (κ1) is 12.5. The molecule has 0 aliphatic heterocycles. The van der Waals surface area contributed by atoms with Gasteiger partial charge in [0.1, 0.15) is 11.0 Å². The van der Waals surface area contributed by atoms with Crippen molar-refractivity contribution >= 4 is 23.2 Å². The Morgan fingerprint density at radius 2 is 2.11 bits per heavy atom. The van der Waals surface area contributed by atoms with Crippen molar-refractivity contribution in [1.82, 2.24) is 4.98 Å². The Kier molecular flexibility index (Phi) is 3.58. The second-order valence-corrected chi connectivity index (χ2v) is 4.07. The molecule has 0 unspecified atom stereocenters. The average Bonchev–Trinajstić information content (AvgIpc) is 2.35. The van der Waals surface area contributed by atoms with E-state index >= 15 is 0 Å². The van der Waals surface area contributed by atoms with Crippen molar-refractivity contribution in [2.45, 2.75) is 6.92 Å². The minimum atomic E-state index is -0.415. The lowest BCUT2D eigenvalue weighted by Gasteiger charge is -2.09. The SMILES string of the molecule is Cc1c(F)cccc1NC(=O)c1cccnc1Cl. The molecule has 1 heterocycles. The maximum atomic E-state index is 13.3. The summed E-state index contributed by atoms with van der Waals surface area (Å²) in [6.45, 7) is 1.59. The molecule has 0 fully saturated rings. The maximum Gasteiger partial charge on any atom is 0.258 e. The van der Waals surface area contributed by atoms with Gasteiger partial charge >= 0.3 is 0 Å². The highest BCUT2D eigenvalue weighted by atomic mass is 35.5. The monoisotopic (exact) mass is 264 g/mol. The van der Waals surface area contributed by atoms with Crippen molar-refractivity contribution in [2.75, 3.05) is 5.32 Å². The number of anilines is 1. The summed E-state index contributed by atoms with van der Waals surface area (Å²) in [5, 5.41) is 2.72. The van der Waals surface area contributed by atoms with Crippen LogP contribution in [0.4, 0.5) is 10.1 Å². The molecule has 1 N–H and O–H groups in total. The second kappa shape index (κ2) is 5.14. The van der Waals surface area contributed by atoms with Gasteiger partial charge < -0.3 is 5.32 Å². The number of pyridine rings is 1. The van der Waals surface area contributed by atoms with Gasteiger partial charge in [-0.25, -0.2) is 9.37 Å². The summed E-state index contributed by atoms with van der Waals surface area (Å²) in [5.41, 5.74) is 1.05. The molecule has 0 radical (unpaired) electrons. The van der Waals surface area contributed by atoms with E-state index in [1.54, 1.807) is 25.1 Å². The van der Waals surface area contributed by atoms with Crippen LogP contribution >= 0.6 is 11.6 Å². The zero-order valence-electron chi connectivity index (χ0n) is 9.58. The Balaban J connectivity index is 2.27. The molecule has 1 aromatic heterocycles. The van der Waals surface area contributed by atoms with Crippen LogP contribution in [-0.4, -0.2) is 10.9 Å². The van der Waals surface area contributed by atoms with E-state index in [0.29, 0.717) is 11.3 Å². The third kappa shape index (κ3) is 2.49. The molecular formula is C13H10ClFN2O. The number of nitrogens with zero attached hydrogens (tertiary/aromatic N) is 1. The zero-order valence-corrected chi connectivity index (χ0v) is 10.3. The fourth-order valence-corrected chi connectivity index (χ4v) is 1.69. The van der Waals surface area contributed by atoms with Crippen LogP contribution in [0.1, 0.15) is 15.9 Å². The van der Waals surface area contributed by atoms with E-state index in [9.17, 15) is 9.18 Å². The van der Waals surface area contributed by atoms with Gasteiger partial charge in [0.15, 0.2) is 0 Å². The molecule has 2 rings (SSSR count). The van der Waals surface area contributed by atoms with Gasteiger partial charge in [-0.1, -0.05) is 17.7 Å². The Morgan fingerprint density at radius 3 is 2.83 bits per heavy atom. The van der Waals surface area contributed by atoms with Crippen LogP contribution in [0.25, 0.3) is 0 Å². The van der Waals surface area contributed by atoms with Crippen LogP contribution in [0.15, 0.2) is 36.5 Å². The number of halogens is 2. The lowest BCUT2D eigenvalue weighted by Crippen LogP contribution is -2.14. The number of rotatable bonds is 2. The summed E-state index contributed by atoms with van der Waals surface area (Å²) in [6.07, 6.45) is 1.49. The second-order valence-electron chi connectivity index (χ2n) is 3.71. The highest BCUT2D eigenvalue weighted by Gasteiger charge is 2.12. The summed E-state index contributed by atoms with van der Waals surface area (Å²) < 4.78 is 13.3. The number of carbonyl (C=O) groups is 1. The van der Waals surface area contributed by atoms with Crippen molar-refractivity contribution in [3.05, 3.63) is 58.6 Å². The Morgan fingerprint density at radius 1 is 1.33 bits per heavy atom. The normalized spacial score (nSPS) is 10.2. The molecule has 0 spiro atoms. The van der Waals surface area contributed by atoms with Crippen molar-refractivity contribution < 1.29 is 9.18 Å². The number of benzene rings is 1. The summed E-state index contributed by atoms with van der Waals surface area (Å²) in [4.78, 5) is 15.8. The molecule has 0 saturated heterocycles. The molecule has 0 aliphatic carbocycles. The Bertz CT molecular complexity index is 601. The zero-order chi connectivity index (χ0) is 13.1. The third-order valence-corrected chi connectivity index (χ3v) is 2.82. The number of hydrogen-bond donors (Lipinski definition) is 1. The van der Waals surface area contributed by atoms with Crippen LogP contribution in [-0.2, 0) is 0 Å². The van der Waals surface area contributed by atoms with Gasteiger partial charge in [0.05, 0.1) is 5.56 Å². The van der Waals surface area contributed by atoms with Crippen LogP contribution in [0.5, 0.6) is 0 Å². The molecule has 0 bridgehead atoms. The van der Waals surface area contributed by atoms with E-state index in [1.807, 2.05) is 0 Å². The average molecular weight is 265 g/mol. The minimum absolute atomic E-state index is 0.115. The molecule has 0 saturated carbocycles. The topological polar surface area (TPSA) is 42.0 Å². The van der Waals surface area contributed by atoms with Gasteiger partial charge in [-0.05, 0) is 31.2 Å². The van der Waals surface area contributed by atoms with Gasteiger partial charge in [-0.3, -0.25) is 4.79 Å². The number of aromatic nitrogens is 1. The maximum absolute atomic E-state index is 13.3. The molecule has 3 nitrogen and oxygen atoms in total. The minimum Gasteiger partial charge on any atom is -0.322 e. The van der Waals surface area contributed by atoms with Crippen LogP contribution in [0.2, 0.25) is 5.15 Å². The van der Waals surface area contributed by atoms with Gasteiger partial charge in [0.25, 0.3) is 5.91 Å². The first-order valence-corrected chi connectivity index (χ1v) is 5.64. The molecule has 2 aromatic rings. The number of carbonyl (C=O) groups excluding carboxylic acids is 1. The summed E-state index contributed by atoms with van der Waals surface area (Å²) in [6, 6.07) is 7.66. The summed E-state index contributed by atoms with van der Waals surface area (Å²) >= 11 is 5.81. The van der Waals surface area contributed by atoms with Gasteiger partial charge in [-0.2, -0.15) is 0 Å². The fourth-order valence-electron chi connectivity index (χ4n) is 1.49. The van der Waals surface area contributed by atoms with E-state index < -0.39 is 5.91 Å². The molecule has 5 heteroatoms. The molecule has 1 amide bonds. The number of hydrogen-bond acceptors (Lipinski definition) is 2. The smallest absolute Gasteiger partial charge is 0.258 e. The lowest BCUT2D eigenvalue weighted by atomic mass is 10.1. The Hall–Kier alpha value is -1.94. The molecule has 1 aromatic carbocycles. The van der Waals surface area contributed by atoms with Crippen molar-refractivity contribution in [2.24, 2.45) is 0 Å². The highest BCUT2D eigenvalue weighted by molar-refractivity contribution is 6.33. The van der Waals surface area contributed by atoms with E-state index in [0.717, 1.165) is 0 Å². The van der Waals surface area contributed by atoms with E-state index in [2.05, 4.69) is 10.3 Å². The van der Waals surface area contributed by atoms with E-state index in [1.165, 1.54) is 18.3 Å². The molecule has 18 heavy (non-hydrogen) atoms. The predicted octanol–water partition coefficient (Wildman–Crippen LogP) is 3.43. The first-order valence-electron chi connectivity index (χ1n) is 5.26. The third-order valence-electron chi connectivity index (χ3n) is 2.52. The molecule has 0 atom stereocenters. The van der Waals surface area contributed by atoms with Crippen LogP contribution in [0, 0.1) is 12.7 Å². The Labute approximate surface area is 109 Å². The summed E-state index contributed by atoms with van der Waals surface area (Å²) in [5.74, 6) is -0.785. The van der Waals surface area contributed by atoms with E-state index in [4.69, 9.17) is 11.6 Å². The summed E-state index contributed by atoms with van der Waals surface area (Å²) in [7, 11) is 0. The van der Waals surface area contributed by atoms with Crippen molar-refractivity contribution in [3.63, 3.8) is 0 Å². The number of nitrogens with one attached hydrogen (secondary N) is 1. The van der Waals surface area contributed by atoms with Gasteiger partial charge in [0.2, 0.25) is 0 Å². The fraction of sp³-hybridized carbons (Fsp3) is 0.0769. The molecule has 92 valence electrons. The molecular weight excluding hydrogens is 255 g/mol. The van der Waals surface area contributed by atoms with Gasteiger partial charge in [0, 0.05) is 17.4 Å². The number of amides is 1. The lowest BCUT2D eigenvalue weighted by molar-refractivity contribution is 0.102. The quantitative estimate of drug-likeness (QED) is 0.845. The first-order chi connectivity index (χ1) is 8.59. The van der Waals surface area contributed by atoms with Crippen LogP contribution in [0.3, 0.4) is 0 Å². The largest absolute Gasteiger partial charge is 0.322 e. The van der Waals surface area contributed by atoms with Crippen LogP contribution < -0.4 is 5.32 Å². The van der Waals surface area contributed by atoms with E-state index in [-0.39, 0.29) is 16.5 Å². The standard InChI is InChI=1S/C13H10ClFN2O/c1-8-10(15)5-2-6-11(8)17-13(18)9-4-3-7-16-12(9)14/h2-7H,1H3,(H,17,18). The van der Waals surface area contributed by atoms with Crippen molar-refractivity contribution in [3.8, 4) is 0 Å². The highest BCUT2D eigenvalue weighted by Crippen LogP contribution is 2.19.